The highest BCUT2D eigenvalue weighted by molar-refractivity contribution is 5.81. The Morgan fingerprint density at radius 3 is 2.55 bits per heavy atom. The average Bonchev–Trinajstić information content (AvgIpc) is 3.40. The average molecular weight is 540 g/mol. The molecule has 214 valence electrons. The van der Waals surface area contributed by atoms with Gasteiger partial charge < -0.3 is 62.8 Å². The molecule has 0 amide bonds. The third-order valence-electron chi connectivity index (χ3n) is 7.23. The molecule has 1 aliphatic carbocycles. The monoisotopic (exact) mass is 539 g/mol. The van der Waals surface area contributed by atoms with E-state index in [1.54, 1.807) is 6.33 Å². The van der Waals surface area contributed by atoms with Crippen LogP contribution in [0.3, 0.4) is 0 Å². The zero-order valence-corrected chi connectivity index (χ0v) is 21.3. The van der Waals surface area contributed by atoms with Gasteiger partial charge in [-0.05, 0) is 19.3 Å². The molecule has 4 rings (SSSR count). The minimum atomic E-state index is -1.29. The van der Waals surface area contributed by atoms with Crippen LogP contribution >= 0.6 is 0 Å². The van der Waals surface area contributed by atoms with E-state index in [1.807, 2.05) is 0 Å². The molecule has 2 aromatic rings. The molecule has 1 saturated heterocycles. The summed E-state index contributed by atoms with van der Waals surface area (Å²) in [5.74, 6) is 0.724. The Bertz CT molecular complexity index is 999. The van der Waals surface area contributed by atoms with Crippen molar-refractivity contribution in [2.24, 2.45) is 22.9 Å². The molecule has 0 radical (unpaired) electrons. The minimum Gasteiger partial charge on any atom is -0.389 e. The second kappa shape index (κ2) is 13.3. The molecular weight excluding hydrogens is 498 g/mol. The van der Waals surface area contributed by atoms with Gasteiger partial charge in [0, 0.05) is 31.8 Å². The van der Waals surface area contributed by atoms with Gasteiger partial charge in [0.1, 0.15) is 42.4 Å². The zero-order valence-electron chi connectivity index (χ0n) is 21.3. The van der Waals surface area contributed by atoms with E-state index in [0.717, 1.165) is 43.6 Å². The van der Waals surface area contributed by atoms with E-state index in [0.29, 0.717) is 18.7 Å². The summed E-state index contributed by atoms with van der Waals surface area (Å²) in [6.45, 7) is 1.09. The van der Waals surface area contributed by atoms with E-state index in [-0.39, 0.29) is 6.54 Å². The number of aliphatic hydroxyl groups excluding tert-OH is 3. The minimum absolute atomic E-state index is 0.0307. The Morgan fingerprint density at radius 2 is 1.76 bits per heavy atom. The second-order valence-electron chi connectivity index (χ2n) is 9.99. The highest BCUT2D eigenvalue weighted by atomic mass is 16.7. The van der Waals surface area contributed by atoms with Crippen molar-refractivity contribution in [2.45, 2.75) is 93.1 Å². The maximum Gasteiger partial charge on any atom is 0.182 e. The largest absolute Gasteiger partial charge is 0.389 e. The quantitative estimate of drug-likeness (QED) is 0.124. The first-order valence-corrected chi connectivity index (χ1v) is 13.1. The number of fused-ring (bicyclic) bond motifs is 1. The number of H-pyrrole nitrogens is 1. The van der Waals surface area contributed by atoms with E-state index < -0.39 is 61.0 Å². The van der Waals surface area contributed by atoms with Gasteiger partial charge in [0.15, 0.2) is 17.8 Å². The predicted molar refractivity (Wildman–Crippen MR) is 138 cm³/mol. The number of rotatable bonds is 12. The molecule has 3 heterocycles. The Hall–Kier alpha value is -2.05. The number of aliphatic hydroxyl groups is 3. The molecule has 1 aliphatic heterocycles. The van der Waals surface area contributed by atoms with Crippen molar-refractivity contribution in [3.63, 3.8) is 0 Å². The maximum atomic E-state index is 10.8. The topological polar surface area (TPSA) is 259 Å². The van der Waals surface area contributed by atoms with Gasteiger partial charge in [-0.1, -0.05) is 12.8 Å². The number of anilines is 1. The zero-order chi connectivity index (χ0) is 27.2. The number of unbranched alkanes of at least 4 members (excludes halogenated alkanes) is 3. The van der Waals surface area contributed by atoms with Gasteiger partial charge in [-0.3, -0.25) is 0 Å². The SMILES string of the molecule is NC[C@H]1O[C@H](O[C@H]2[C@H](OCCCCCCNc3ncnc4nc[nH]c34)[C@@H](O)[C@H](N)C[C@@H]2N)[C@H](N)[C@@H](O)[C@@H]1O. The highest BCUT2D eigenvalue weighted by Gasteiger charge is 2.48. The lowest BCUT2D eigenvalue weighted by molar-refractivity contribution is -0.291. The number of aromatic nitrogens is 4. The van der Waals surface area contributed by atoms with E-state index in [1.165, 1.54) is 6.33 Å². The first-order valence-electron chi connectivity index (χ1n) is 13.1. The van der Waals surface area contributed by atoms with Crippen LogP contribution in [0.15, 0.2) is 12.7 Å². The fraction of sp³-hybridized carbons (Fsp3) is 0.783. The van der Waals surface area contributed by atoms with Crippen LogP contribution in [-0.4, -0.2) is 116 Å². The van der Waals surface area contributed by atoms with Gasteiger partial charge in [0.2, 0.25) is 0 Å². The summed E-state index contributed by atoms with van der Waals surface area (Å²) in [6, 6.07) is -2.16. The Morgan fingerprint density at radius 1 is 0.974 bits per heavy atom. The molecule has 1 saturated carbocycles. The molecule has 0 aromatic carbocycles. The van der Waals surface area contributed by atoms with Crippen LogP contribution in [0, 0.1) is 0 Å². The lowest BCUT2D eigenvalue weighted by Crippen LogP contribution is -2.67. The Kier molecular flexibility index (Phi) is 10.2. The summed E-state index contributed by atoms with van der Waals surface area (Å²) in [4.78, 5) is 15.5. The van der Waals surface area contributed by atoms with Crippen molar-refractivity contribution in [2.75, 3.05) is 25.0 Å². The molecule has 10 atom stereocenters. The third-order valence-corrected chi connectivity index (χ3v) is 7.23. The third kappa shape index (κ3) is 6.56. The standard InChI is InChI=1S/C23H41N9O6/c24-8-13-17(34)18(35)14(27)23(37-13)38-19-12(26)7-11(25)16(33)20(19)36-6-4-2-1-3-5-28-21-15-22(30-9-29-15)32-10-31-21/h9-14,16-20,23,33-35H,1-8,24-27H2,(H2,28,29,30,31,32)/t11-,12+,13-,14-,16+,17-,18-,19-,20-,23-/m1/s1. The van der Waals surface area contributed by atoms with Crippen LogP contribution in [0.4, 0.5) is 5.82 Å². The lowest BCUT2D eigenvalue weighted by atomic mass is 9.84. The van der Waals surface area contributed by atoms with Gasteiger partial charge in [0.05, 0.1) is 18.5 Å². The molecule has 0 bridgehead atoms. The maximum absolute atomic E-state index is 10.8. The fourth-order valence-corrected chi connectivity index (χ4v) is 4.97. The van der Waals surface area contributed by atoms with Crippen LogP contribution in [0.1, 0.15) is 32.1 Å². The molecule has 2 aromatic heterocycles. The number of nitrogens with two attached hydrogens (primary N) is 4. The Balaban J connectivity index is 1.22. The van der Waals surface area contributed by atoms with E-state index in [2.05, 4.69) is 25.3 Å². The van der Waals surface area contributed by atoms with Crippen molar-refractivity contribution in [3.05, 3.63) is 12.7 Å². The first kappa shape index (κ1) is 28.9. The first-order chi connectivity index (χ1) is 18.3. The predicted octanol–water partition coefficient (Wildman–Crippen LogP) is -2.75. The van der Waals surface area contributed by atoms with Crippen molar-refractivity contribution in [3.8, 4) is 0 Å². The Labute approximate surface area is 220 Å². The van der Waals surface area contributed by atoms with E-state index in [4.69, 9.17) is 37.1 Å². The van der Waals surface area contributed by atoms with Gasteiger partial charge >= 0.3 is 0 Å². The summed E-state index contributed by atoms with van der Waals surface area (Å²) in [5.41, 5.74) is 25.5. The van der Waals surface area contributed by atoms with Crippen molar-refractivity contribution in [1.82, 2.24) is 19.9 Å². The summed E-state index contributed by atoms with van der Waals surface area (Å²) < 4.78 is 17.8. The summed E-state index contributed by atoms with van der Waals surface area (Å²) in [7, 11) is 0. The van der Waals surface area contributed by atoms with Gasteiger partial charge in [0.25, 0.3) is 0 Å². The van der Waals surface area contributed by atoms with Gasteiger partial charge in [-0.25, -0.2) is 15.0 Å². The smallest absolute Gasteiger partial charge is 0.182 e. The molecule has 13 N–H and O–H groups in total. The van der Waals surface area contributed by atoms with Crippen molar-refractivity contribution < 1.29 is 29.5 Å². The summed E-state index contributed by atoms with van der Waals surface area (Å²) in [6.07, 6.45) is -0.101. The molecule has 2 aliphatic rings. The van der Waals surface area contributed by atoms with Gasteiger partial charge in [-0.2, -0.15) is 0 Å². The molecule has 0 spiro atoms. The van der Waals surface area contributed by atoms with Crippen LogP contribution in [0.5, 0.6) is 0 Å². The number of nitrogens with zero attached hydrogens (tertiary/aromatic N) is 3. The molecule has 15 heteroatoms. The highest BCUT2D eigenvalue weighted by Crippen LogP contribution is 2.28. The number of nitrogens with one attached hydrogen (secondary N) is 2. The fourth-order valence-electron chi connectivity index (χ4n) is 4.97. The van der Waals surface area contributed by atoms with Crippen molar-refractivity contribution >= 4 is 17.0 Å². The number of ether oxygens (including phenoxy) is 3. The van der Waals surface area contributed by atoms with Crippen LogP contribution in [-0.2, 0) is 14.2 Å². The normalized spacial score (nSPS) is 36.0. The summed E-state index contributed by atoms with van der Waals surface area (Å²) >= 11 is 0. The van der Waals surface area contributed by atoms with Crippen LogP contribution in [0.25, 0.3) is 11.2 Å². The van der Waals surface area contributed by atoms with Crippen LogP contribution < -0.4 is 28.3 Å². The van der Waals surface area contributed by atoms with E-state index >= 15 is 0 Å². The van der Waals surface area contributed by atoms with Crippen LogP contribution in [0.2, 0.25) is 0 Å². The molecule has 0 unspecified atom stereocenters. The number of hydrogen-bond donors (Lipinski definition) is 9. The lowest BCUT2D eigenvalue weighted by Gasteiger charge is -2.46. The number of imidazole rings is 1. The molecular formula is C23H41N9O6. The summed E-state index contributed by atoms with van der Waals surface area (Å²) in [5, 5.41) is 34.5. The van der Waals surface area contributed by atoms with E-state index in [9.17, 15) is 15.3 Å². The molecule has 15 nitrogen and oxygen atoms in total. The number of aromatic amines is 1. The van der Waals surface area contributed by atoms with Crippen molar-refractivity contribution in [1.29, 1.82) is 0 Å². The molecule has 38 heavy (non-hydrogen) atoms. The molecule has 2 fully saturated rings. The number of hydrogen-bond acceptors (Lipinski definition) is 14. The van der Waals surface area contributed by atoms with Gasteiger partial charge in [-0.15, -0.1) is 0 Å². The second-order valence-corrected chi connectivity index (χ2v) is 9.99.